The molecule has 0 aliphatic carbocycles. The lowest BCUT2D eigenvalue weighted by Crippen LogP contribution is -2.30. The van der Waals surface area contributed by atoms with E-state index in [2.05, 4.69) is 10.1 Å². The predicted molar refractivity (Wildman–Crippen MR) is 80.7 cm³/mol. The number of alkyl halides is 2. The Hall–Kier alpha value is -2.55. The summed E-state index contributed by atoms with van der Waals surface area (Å²) < 4.78 is 34.4. The molecule has 7 nitrogen and oxygen atoms in total. The minimum atomic E-state index is -3.08. The van der Waals surface area contributed by atoms with Gasteiger partial charge in [0.15, 0.2) is 0 Å². The van der Waals surface area contributed by atoms with Gasteiger partial charge in [-0.05, 0) is 25.0 Å². The van der Waals surface area contributed by atoms with Gasteiger partial charge in [-0.2, -0.15) is 8.78 Å². The fourth-order valence-electron chi connectivity index (χ4n) is 2.23. The van der Waals surface area contributed by atoms with Gasteiger partial charge < -0.3 is 14.8 Å². The summed E-state index contributed by atoms with van der Waals surface area (Å²) in [5, 5.41) is 13.4. The van der Waals surface area contributed by atoms with Crippen LogP contribution in [0.3, 0.4) is 0 Å². The van der Waals surface area contributed by atoms with Gasteiger partial charge in [-0.3, -0.25) is 14.9 Å². The van der Waals surface area contributed by atoms with Gasteiger partial charge in [0.2, 0.25) is 5.91 Å². The van der Waals surface area contributed by atoms with Crippen molar-refractivity contribution in [3.8, 4) is 5.75 Å². The number of hydrogen-bond acceptors (Lipinski definition) is 5. The Labute approximate surface area is 136 Å². The third kappa shape index (κ3) is 5.27. The lowest BCUT2D eigenvalue weighted by molar-refractivity contribution is -0.384. The highest BCUT2D eigenvalue weighted by Crippen LogP contribution is 2.26. The van der Waals surface area contributed by atoms with E-state index in [0.29, 0.717) is 13.2 Å². The number of carbonyl (C=O) groups excluding carboxylic acids is 1. The lowest BCUT2D eigenvalue weighted by Gasteiger charge is -2.09. The molecule has 1 aromatic rings. The van der Waals surface area contributed by atoms with E-state index in [-0.39, 0.29) is 23.1 Å². The van der Waals surface area contributed by atoms with Crippen LogP contribution >= 0.6 is 0 Å². The number of nitro benzene ring substituents is 1. The number of benzene rings is 1. The second-order valence-corrected chi connectivity index (χ2v) is 5.07. The fraction of sp³-hybridized carbons (Fsp3) is 0.400. The molecular formula is C15H16F2N2O5. The highest BCUT2D eigenvalue weighted by molar-refractivity contribution is 5.92. The first-order chi connectivity index (χ1) is 11.5. The maximum atomic E-state index is 12.4. The molecule has 0 spiro atoms. The second-order valence-electron chi connectivity index (χ2n) is 5.07. The molecule has 130 valence electrons. The zero-order chi connectivity index (χ0) is 17.5. The molecule has 1 atom stereocenters. The molecule has 1 fully saturated rings. The molecule has 1 aliphatic heterocycles. The summed E-state index contributed by atoms with van der Waals surface area (Å²) in [7, 11) is 0. The third-order valence-electron chi connectivity index (χ3n) is 3.36. The first kappa shape index (κ1) is 17.8. The Bertz CT molecular complexity index is 630. The fourth-order valence-corrected chi connectivity index (χ4v) is 2.23. The average Bonchev–Trinajstić information content (AvgIpc) is 3.04. The van der Waals surface area contributed by atoms with Gasteiger partial charge in [0.05, 0.1) is 11.0 Å². The number of ether oxygens (including phenoxy) is 2. The molecule has 2 rings (SSSR count). The van der Waals surface area contributed by atoms with Crippen LogP contribution < -0.4 is 10.1 Å². The van der Waals surface area contributed by atoms with Gasteiger partial charge >= 0.3 is 6.61 Å². The molecule has 24 heavy (non-hydrogen) atoms. The minimum Gasteiger partial charge on any atom is -0.434 e. The Morgan fingerprint density at radius 3 is 2.96 bits per heavy atom. The van der Waals surface area contributed by atoms with Gasteiger partial charge in [0.1, 0.15) is 5.75 Å². The highest BCUT2D eigenvalue weighted by Gasteiger charge is 2.16. The van der Waals surface area contributed by atoms with Crippen LogP contribution in [0.1, 0.15) is 18.4 Å². The minimum absolute atomic E-state index is 0.0109. The van der Waals surface area contributed by atoms with Gasteiger partial charge in [-0.25, -0.2) is 0 Å². The van der Waals surface area contributed by atoms with Crippen molar-refractivity contribution in [2.75, 3.05) is 13.2 Å². The number of carbonyl (C=O) groups is 1. The molecule has 1 aromatic carbocycles. The van der Waals surface area contributed by atoms with Crippen LogP contribution in [0.15, 0.2) is 24.3 Å². The first-order valence-electron chi connectivity index (χ1n) is 7.26. The van der Waals surface area contributed by atoms with Crippen molar-refractivity contribution in [1.82, 2.24) is 5.32 Å². The van der Waals surface area contributed by atoms with Gasteiger partial charge in [0.25, 0.3) is 5.69 Å². The zero-order valence-electron chi connectivity index (χ0n) is 12.6. The number of nitrogens with zero attached hydrogens (tertiary/aromatic N) is 1. The maximum Gasteiger partial charge on any atom is 0.387 e. The van der Waals surface area contributed by atoms with E-state index in [0.717, 1.165) is 37.1 Å². The van der Waals surface area contributed by atoms with Gasteiger partial charge in [-0.1, -0.05) is 0 Å². The molecule has 0 aromatic heterocycles. The predicted octanol–water partition coefficient (Wildman–Crippen LogP) is 2.50. The summed E-state index contributed by atoms with van der Waals surface area (Å²) in [5.74, 6) is -0.709. The van der Waals surface area contributed by atoms with Crippen LogP contribution in [0, 0.1) is 10.1 Å². The number of non-ortho nitro benzene ring substituents is 1. The van der Waals surface area contributed by atoms with Crippen molar-refractivity contribution in [2.24, 2.45) is 0 Å². The van der Waals surface area contributed by atoms with Crippen LogP contribution in [0.4, 0.5) is 14.5 Å². The van der Waals surface area contributed by atoms with Crippen LogP contribution in [-0.4, -0.2) is 36.7 Å². The molecule has 1 N–H and O–H groups in total. The van der Waals surface area contributed by atoms with Crippen molar-refractivity contribution < 1.29 is 28.0 Å². The van der Waals surface area contributed by atoms with Crippen LogP contribution in [-0.2, 0) is 9.53 Å². The molecule has 1 heterocycles. The molecule has 1 aliphatic rings. The van der Waals surface area contributed by atoms with Crippen LogP contribution in [0.2, 0.25) is 0 Å². The van der Waals surface area contributed by atoms with Crippen molar-refractivity contribution in [3.05, 3.63) is 40.0 Å². The molecule has 9 heteroatoms. The van der Waals surface area contributed by atoms with E-state index < -0.39 is 17.4 Å². The topological polar surface area (TPSA) is 90.7 Å². The summed E-state index contributed by atoms with van der Waals surface area (Å²) in [6.07, 6.45) is 4.07. The summed E-state index contributed by atoms with van der Waals surface area (Å²) in [5.41, 5.74) is -0.284. The Morgan fingerprint density at radius 2 is 2.33 bits per heavy atom. The molecular weight excluding hydrogens is 326 g/mol. The van der Waals surface area contributed by atoms with Crippen molar-refractivity contribution in [3.63, 3.8) is 0 Å². The monoisotopic (exact) mass is 342 g/mol. The number of nitrogens with one attached hydrogen (secondary N) is 1. The Kier molecular flexibility index (Phi) is 6.19. The van der Waals surface area contributed by atoms with E-state index in [1.807, 2.05) is 0 Å². The maximum absolute atomic E-state index is 12.4. The molecule has 0 bridgehead atoms. The van der Waals surface area contributed by atoms with Gasteiger partial charge in [0, 0.05) is 36.9 Å². The van der Waals surface area contributed by atoms with Crippen molar-refractivity contribution in [2.45, 2.75) is 25.6 Å². The van der Waals surface area contributed by atoms with E-state index in [1.165, 1.54) is 6.08 Å². The van der Waals surface area contributed by atoms with Crippen LogP contribution in [0.25, 0.3) is 6.08 Å². The molecule has 0 radical (unpaired) electrons. The Morgan fingerprint density at radius 1 is 1.54 bits per heavy atom. The number of hydrogen-bond donors (Lipinski definition) is 1. The zero-order valence-corrected chi connectivity index (χ0v) is 12.6. The summed E-state index contributed by atoms with van der Waals surface area (Å²) in [4.78, 5) is 21.9. The first-order valence-corrected chi connectivity index (χ1v) is 7.26. The number of rotatable bonds is 7. The van der Waals surface area contributed by atoms with E-state index >= 15 is 0 Å². The van der Waals surface area contributed by atoms with Crippen molar-refractivity contribution >= 4 is 17.7 Å². The summed E-state index contributed by atoms with van der Waals surface area (Å²) >= 11 is 0. The average molecular weight is 342 g/mol. The lowest BCUT2D eigenvalue weighted by atomic mass is 10.1. The van der Waals surface area contributed by atoms with E-state index in [9.17, 15) is 23.7 Å². The normalized spacial score (nSPS) is 17.4. The second kappa shape index (κ2) is 8.34. The highest BCUT2D eigenvalue weighted by atomic mass is 19.3. The standard InChI is InChI=1S/C15H16F2N2O5/c16-15(17)24-13-5-4-11(19(21)22)8-10(13)3-6-14(20)18-9-12-2-1-7-23-12/h3-6,8,12,15H,1-2,7,9H2,(H,18,20)/b6-3+. The van der Waals surface area contributed by atoms with E-state index in [4.69, 9.17) is 4.74 Å². The smallest absolute Gasteiger partial charge is 0.387 e. The molecule has 1 saturated heterocycles. The third-order valence-corrected chi connectivity index (χ3v) is 3.36. The molecule has 0 saturated carbocycles. The number of amides is 1. The quantitative estimate of drug-likeness (QED) is 0.467. The molecule has 1 amide bonds. The number of halogens is 2. The SMILES string of the molecule is O=C(/C=C/c1cc([N+](=O)[O-])ccc1OC(F)F)NCC1CCCO1. The van der Waals surface area contributed by atoms with E-state index in [1.54, 1.807) is 0 Å². The largest absolute Gasteiger partial charge is 0.434 e. The Balaban J connectivity index is 2.05. The van der Waals surface area contributed by atoms with Crippen LogP contribution in [0.5, 0.6) is 5.75 Å². The summed E-state index contributed by atoms with van der Waals surface area (Å²) in [6, 6.07) is 3.17. The van der Waals surface area contributed by atoms with Crippen molar-refractivity contribution in [1.29, 1.82) is 0 Å². The molecule has 1 unspecified atom stereocenters. The number of nitro groups is 1. The summed E-state index contributed by atoms with van der Waals surface area (Å²) in [6.45, 7) is -2.07. The van der Waals surface area contributed by atoms with Gasteiger partial charge in [-0.15, -0.1) is 0 Å².